The van der Waals surface area contributed by atoms with E-state index in [2.05, 4.69) is 12.2 Å². The minimum atomic E-state index is -0.463. The van der Waals surface area contributed by atoms with E-state index in [-0.39, 0.29) is 10.7 Å². The van der Waals surface area contributed by atoms with Crippen LogP contribution in [0.25, 0.3) is 0 Å². The summed E-state index contributed by atoms with van der Waals surface area (Å²) in [5, 5.41) is 14.2. The zero-order valence-corrected chi connectivity index (χ0v) is 11.8. The first-order chi connectivity index (χ1) is 9.06. The molecule has 0 radical (unpaired) electrons. The third-order valence-electron chi connectivity index (χ3n) is 3.78. The van der Waals surface area contributed by atoms with Crippen LogP contribution in [0.2, 0.25) is 5.02 Å². The number of nitrogens with zero attached hydrogens (tertiary/aromatic N) is 1. The zero-order chi connectivity index (χ0) is 13.8. The van der Waals surface area contributed by atoms with E-state index < -0.39 is 4.92 Å². The number of hydrogen-bond acceptors (Lipinski definition) is 3. The summed E-state index contributed by atoms with van der Waals surface area (Å²) < 4.78 is 0. The van der Waals surface area contributed by atoms with Crippen molar-refractivity contribution in [2.75, 3.05) is 11.9 Å². The highest BCUT2D eigenvalue weighted by atomic mass is 35.5. The Bertz CT molecular complexity index is 465. The molecular formula is C14H19ClN2O2. The molecule has 1 aliphatic carbocycles. The van der Waals surface area contributed by atoms with E-state index in [9.17, 15) is 10.1 Å². The number of hydrogen-bond donors (Lipinski definition) is 1. The van der Waals surface area contributed by atoms with E-state index in [1.807, 2.05) is 0 Å². The predicted molar refractivity (Wildman–Crippen MR) is 77.7 cm³/mol. The second-order valence-corrected chi connectivity index (χ2v) is 5.85. The molecule has 1 N–H and O–H groups in total. The van der Waals surface area contributed by atoms with Crippen molar-refractivity contribution in [2.24, 2.45) is 11.8 Å². The van der Waals surface area contributed by atoms with Gasteiger partial charge in [-0.15, -0.1) is 0 Å². The summed E-state index contributed by atoms with van der Waals surface area (Å²) >= 11 is 5.89. The topological polar surface area (TPSA) is 55.2 Å². The molecular weight excluding hydrogens is 264 g/mol. The van der Waals surface area contributed by atoms with Crippen molar-refractivity contribution in [2.45, 2.75) is 32.6 Å². The molecule has 0 heterocycles. The number of nitro benzene ring substituents is 1. The van der Waals surface area contributed by atoms with E-state index in [0.717, 1.165) is 18.2 Å². The normalized spacial score (nSPS) is 23.1. The summed E-state index contributed by atoms with van der Waals surface area (Å²) in [7, 11) is 0. The molecule has 2 atom stereocenters. The van der Waals surface area contributed by atoms with E-state index in [4.69, 9.17) is 11.6 Å². The summed E-state index contributed by atoms with van der Waals surface area (Å²) in [6.45, 7) is 3.22. The summed E-state index contributed by atoms with van der Waals surface area (Å²) in [6, 6.07) is 4.80. The Morgan fingerprint density at radius 1 is 1.47 bits per heavy atom. The maximum Gasteiger partial charge on any atom is 0.288 e. The third kappa shape index (κ3) is 3.83. The molecule has 1 saturated carbocycles. The number of rotatable bonds is 4. The summed E-state index contributed by atoms with van der Waals surface area (Å²) in [5.41, 5.74) is 0.812. The van der Waals surface area contributed by atoms with Gasteiger partial charge in [0.2, 0.25) is 0 Å². The Labute approximate surface area is 118 Å². The van der Waals surface area contributed by atoms with Crippen molar-refractivity contribution in [1.29, 1.82) is 0 Å². The Hall–Kier alpha value is -1.29. The number of nitro groups is 1. The first kappa shape index (κ1) is 14.1. The third-order valence-corrected chi connectivity index (χ3v) is 4.09. The van der Waals surface area contributed by atoms with Crippen LogP contribution in [0.4, 0.5) is 11.4 Å². The molecule has 5 heteroatoms. The van der Waals surface area contributed by atoms with E-state index in [0.29, 0.717) is 5.92 Å². The summed E-state index contributed by atoms with van der Waals surface area (Å²) in [5.74, 6) is 1.50. The van der Waals surface area contributed by atoms with Crippen molar-refractivity contribution in [3.63, 3.8) is 0 Å². The molecule has 1 fully saturated rings. The Morgan fingerprint density at radius 2 is 2.26 bits per heavy atom. The van der Waals surface area contributed by atoms with Crippen LogP contribution >= 0.6 is 11.6 Å². The molecule has 0 aliphatic heterocycles. The number of nitrogens with one attached hydrogen (secondary N) is 1. The van der Waals surface area contributed by atoms with Gasteiger partial charge in [-0.3, -0.25) is 10.1 Å². The highest BCUT2D eigenvalue weighted by molar-refractivity contribution is 6.32. The van der Waals surface area contributed by atoms with Crippen molar-refractivity contribution < 1.29 is 4.92 Å². The molecule has 0 bridgehead atoms. The van der Waals surface area contributed by atoms with Gasteiger partial charge in [-0.2, -0.15) is 0 Å². The van der Waals surface area contributed by atoms with Crippen molar-refractivity contribution in [3.05, 3.63) is 33.3 Å². The van der Waals surface area contributed by atoms with Gasteiger partial charge in [0.25, 0.3) is 5.69 Å². The van der Waals surface area contributed by atoms with Crippen LogP contribution in [-0.4, -0.2) is 11.5 Å². The smallest absolute Gasteiger partial charge is 0.288 e. The lowest BCUT2D eigenvalue weighted by Crippen LogP contribution is -2.20. The average Bonchev–Trinajstić information content (AvgIpc) is 2.36. The maximum absolute atomic E-state index is 10.7. The molecule has 0 spiro atoms. The van der Waals surface area contributed by atoms with E-state index in [1.54, 1.807) is 12.1 Å². The Balaban J connectivity index is 1.92. The first-order valence-electron chi connectivity index (χ1n) is 6.74. The highest BCUT2D eigenvalue weighted by Gasteiger charge is 2.19. The Kier molecular flexibility index (Phi) is 4.64. The minimum absolute atomic E-state index is 0.0431. The minimum Gasteiger partial charge on any atom is -0.385 e. The van der Waals surface area contributed by atoms with Crippen LogP contribution in [0, 0.1) is 22.0 Å². The second kappa shape index (κ2) is 6.24. The average molecular weight is 283 g/mol. The molecule has 1 aromatic rings. The molecule has 2 unspecified atom stereocenters. The zero-order valence-electron chi connectivity index (χ0n) is 11.1. The van der Waals surface area contributed by atoms with Gasteiger partial charge >= 0.3 is 0 Å². The van der Waals surface area contributed by atoms with Gasteiger partial charge in [-0.1, -0.05) is 31.4 Å². The number of halogens is 1. The molecule has 0 aromatic heterocycles. The first-order valence-corrected chi connectivity index (χ1v) is 7.12. The van der Waals surface area contributed by atoms with Crippen LogP contribution in [-0.2, 0) is 0 Å². The number of benzene rings is 1. The van der Waals surface area contributed by atoms with Gasteiger partial charge in [-0.05, 0) is 36.8 Å². The van der Waals surface area contributed by atoms with Gasteiger partial charge in [-0.25, -0.2) is 0 Å². The molecule has 2 rings (SSSR count). The van der Waals surface area contributed by atoms with Crippen LogP contribution in [0.15, 0.2) is 18.2 Å². The lowest BCUT2D eigenvalue weighted by Gasteiger charge is -2.27. The fourth-order valence-electron chi connectivity index (χ4n) is 2.77. The van der Waals surface area contributed by atoms with Crippen molar-refractivity contribution >= 4 is 23.0 Å². The highest BCUT2D eigenvalue weighted by Crippen LogP contribution is 2.30. The Morgan fingerprint density at radius 3 is 2.89 bits per heavy atom. The van der Waals surface area contributed by atoms with Gasteiger partial charge in [0.1, 0.15) is 5.02 Å². The standard InChI is InChI=1S/C14H19ClN2O2/c1-10-3-2-4-11(7-10)9-16-12-5-6-14(17(18)19)13(15)8-12/h5-6,8,10-11,16H,2-4,7,9H2,1H3. The lowest BCUT2D eigenvalue weighted by molar-refractivity contribution is -0.384. The summed E-state index contributed by atoms with van der Waals surface area (Å²) in [4.78, 5) is 10.2. The molecule has 19 heavy (non-hydrogen) atoms. The predicted octanol–water partition coefficient (Wildman–Crippen LogP) is 4.49. The fraction of sp³-hybridized carbons (Fsp3) is 0.571. The van der Waals surface area contributed by atoms with Crippen LogP contribution in [0.1, 0.15) is 32.6 Å². The largest absolute Gasteiger partial charge is 0.385 e. The maximum atomic E-state index is 10.7. The van der Waals surface area contributed by atoms with Crippen molar-refractivity contribution in [1.82, 2.24) is 0 Å². The molecule has 4 nitrogen and oxygen atoms in total. The molecule has 104 valence electrons. The molecule has 1 aliphatic rings. The summed E-state index contributed by atoms with van der Waals surface area (Å²) in [6.07, 6.45) is 5.15. The van der Waals surface area contributed by atoms with Crippen molar-refractivity contribution in [3.8, 4) is 0 Å². The van der Waals surface area contributed by atoms with Gasteiger partial charge in [0, 0.05) is 18.3 Å². The number of anilines is 1. The fourth-order valence-corrected chi connectivity index (χ4v) is 3.02. The van der Waals surface area contributed by atoms with Gasteiger partial charge in [0.15, 0.2) is 0 Å². The molecule has 0 amide bonds. The van der Waals surface area contributed by atoms with E-state index >= 15 is 0 Å². The van der Waals surface area contributed by atoms with Gasteiger partial charge < -0.3 is 5.32 Å². The van der Waals surface area contributed by atoms with Crippen LogP contribution in [0.3, 0.4) is 0 Å². The lowest BCUT2D eigenvalue weighted by atomic mass is 9.82. The SMILES string of the molecule is CC1CCCC(CNc2ccc([N+](=O)[O-])c(Cl)c2)C1. The molecule has 1 aromatic carbocycles. The van der Waals surface area contributed by atoms with Crippen LogP contribution < -0.4 is 5.32 Å². The monoisotopic (exact) mass is 282 g/mol. The quantitative estimate of drug-likeness (QED) is 0.654. The molecule has 0 saturated heterocycles. The van der Waals surface area contributed by atoms with Crippen LogP contribution in [0.5, 0.6) is 0 Å². The van der Waals surface area contributed by atoms with E-state index in [1.165, 1.54) is 31.7 Å². The second-order valence-electron chi connectivity index (χ2n) is 5.44. The van der Waals surface area contributed by atoms with Gasteiger partial charge in [0.05, 0.1) is 4.92 Å².